The van der Waals surface area contributed by atoms with Crippen LogP contribution in [0.5, 0.6) is 0 Å². The third kappa shape index (κ3) is 7.24. The molecule has 0 heterocycles. The van der Waals surface area contributed by atoms with Crippen LogP contribution in [0.2, 0.25) is 0 Å². The standard InChI is InChI=1S/C13H16NO8PS/c15-12(16)6-1-9(13(17)18)7-23(19,20)8-14-10-2-4-11(5-3-10)24(21)22/h2-5,8-9,19-20H,1,6-7H2,(H2-,15,16,17,18,21,22). The van der Waals surface area contributed by atoms with Crippen molar-refractivity contribution in [2.75, 3.05) is 6.16 Å². The molecule has 2 atom stereocenters. The Balaban J connectivity index is 2.76. The summed E-state index contributed by atoms with van der Waals surface area (Å²) >= 11 is -2.38. The number of carbonyl (C=O) groups is 2. The van der Waals surface area contributed by atoms with E-state index < -0.39 is 49.2 Å². The number of benzene rings is 1. The molecular weight excluding hydrogens is 361 g/mol. The maximum absolute atomic E-state index is 11.1. The Morgan fingerprint density at radius 1 is 1.25 bits per heavy atom. The fourth-order valence-electron chi connectivity index (χ4n) is 1.76. The fourth-order valence-corrected chi connectivity index (χ4v) is 3.52. The molecule has 0 amide bonds. The summed E-state index contributed by atoms with van der Waals surface area (Å²) < 4.78 is 21.4. The highest BCUT2D eigenvalue weighted by Crippen LogP contribution is 2.49. The number of carboxylic acids is 2. The van der Waals surface area contributed by atoms with Crippen molar-refractivity contribution in [1.29, 1.82) is 0 Å². The summed E-state index contributed by atoms with van der Waals surface area (Å²) in [5, 5.41) is 17.6. The van der Waals surface area contributed by atoms with Gasteiger partial charge in [0.15, 0.2) is 0 Å². The summed E-state index contributed by atoms with van der Waals surface area (Å²) in [5.41, 5.74) is 0.258. The van der Waals surface area contributed by atoms with Crippen molar-refractivity contribution >= 4 is 42.4 Å². The maximum atomic E-state index is 11.1. The van der Waals surface area contributed by atoms with E-state index in [-0.39, 0.29) is 17.0 Å². The minimum Gasteiger partial charge on any atom is -0.768 e. The van der Waals surface area contributed by atoms with Gasteiger partial charge in [-0.25, -0.2) is 14.8 Å². The lowest BCUT2D eigenvalue weighted by atomic mass is 10.1. The number of nitrogens with zero attached hydrogens (tertiary/aromatic N) is 1. The second-order valence-electron chi connectivity index (χ2n) is 4.91. The summed E-state index contributed by atoms with van der Waals surface area (Å²) in [4.78, 5) is 45.2. The van der Waals surface area contributed by atoms with E-state index in [0.29, 0.717) is 0 Å². The van der Waals surface area contributed by atoms with Gasteiger partial charge in [-0.05, 0) is 41.8 Å². The van der Waals surface area contributed by atoms with Gasteiger partial charge in [0, 0.05) is 11.3 Å². The van der Waals surface area contributed by atoms with Crippen LogP contribution in [0.25, 0.3) is 0 Å². The Morgan fingerprint density at radius 2 is 1.83 bits per heavy atom. The number of carboxylic acid groups (broad SMARTS) is 2. The van der Waals surface area contributed by atoms with Gasteiger partial charge in [-0.15, -0.1) is 0 Å². The minimum absolute atomic E-state index is 0.0441. The molecule has 2 unspecified atom stereocenters. The van der Waals surface area contributed by atoms with Crippen LogP contribution in [0, 0.1) is 5.92 Å². The van der Waals surface area contributed by atoms with E-state index >= 15 is 0 Å². The molecule has 0 fully saturated rings. The van der Waals surface area contributed by atoms with Gasteiger partial charge in [0.2, 0.25) is 5.96 Å². The van der Waals surface area contributed by atoms with E-state index in [1.807, 2.05) is 0 Å². The van der Waals surface area contributed by atoms with Crippen LogP contribution >= 0.6 is 7.72 Å². The maximum Gasteiger partial charge on any atom is 0.312 e. The lowest BCUT2D eigenvalue weighted by Crippen LogP contribution is -2.21. The van der Waals surface area contributed by atoms with Crippen LogP contribution in [0.1, 0.15) is 12.8 Å². The SMILES string of the molecule is O=C(O)CCC(C[P+](O)(O)C=Nc1ccc(S(=O)[O-])cc1)C(=O)O. The van der Waals surface area contributed by atoms with Gasteiger partial charge < -0.3 is 14.8 Å². The molecule has 1 rings (SSSR count). The Kier molecular flexibility index (Phi) is 7.59. The van der Waals surface area contributed by atoms with Crippen LogP contribution in [0.15, 0.2) is 34.2 Å². The third-order valence-electron chi connectivity index (χ3n) is 2.97. The first-order chi connectivity index (χ1) is 11.1. The fraction of sp³-hybridized carbons (Fsp3) is 0.308. The molecule has 0 bridgehead atoms. The van der Waals surface area contributed by atoms with Crippen molar-refractivity contribution < 1.29 is 38.4 Å². The Bertz CT molecular complexity index is 646. The summed E-state index contributed by atoms with van der Waals surface area (Å²) in [6.07, 6.45) is -1.16. The van der Waals surface area contributed by atoms with Crippen molar-refractivity contribution in [2.45, 2.75) is 17.7 Å². The van der Waals surface area contributed by atoms with E-state index in [1.54, 1.807) is 0 Å². The third-order valence-corrected chi connectivity index (χ3v) is 5.09. The first-order valence-corrected chi connectivity index (χ1v) is 9.65. The zero-order chi connectivity index (χ0) is 18.3. The Hall–Kier alpha value is -1.71. The quantitative estimate of drug-likeness (QED) is 0.280. The van der Waals surface area contributed by atoms with E-state index in [0.717, 1.165) is 5.96 Å². The van der Waals surface area contributed by atoms with Crippen molar-refractivity contribution in [3.05, 3.63) is 24.3 Å². The van der Waals surface area contributed by atoms with Gasteiger partial charge in [-0.1, -0.05) is 0 Å². The number of aliphatic imine (C=N–C) groups is 1. The van der Waals surface area contributed by atoms with E-state index in [9.17, 15) is 28.1 Å². The highest BCUT2D eigenvalue weighted by atomic mass is 32.2. The topological polar surface area (TPSA) is 168 Å². The molecule has 0 aliphatic carbocycles. The molecule has 4 N–H and O–H groups in total. The van der Waals surface area contributed by atoms with Gasteiger partial charge in [0.05, 0.1) is 11.6 Å². The summed E-state index contributed by atoms with van der Waals surface area (Å²) in [5.74, 6) is -2.89. The molecule has 0 saturated heterocycles. The Labute approximate surface area is 140 Å². The first-order valence-electron chi connectivity index (χ1n) is 6.63. The second-order valence-corrected chi connectivity index (χ2v) is 8.02. The van der Waals surface area contributed by atoms with E-state index in [1.165, 1.54) is 24.3 Å². The summed E-state index contributed by atoms with van der Waals surface area (Å²) in [7, 11) is -3.80. The van der Waals surface area contributed by atoms with E-state index in [2.05, 4.69) is 4.99 Å². The smallest absolute Gasteiger partial charge is 0.312 e. The van der Waals surface area contributed by atoms with Crippen LogP contribution in [0.4, 0.5) is 5.69 Å². The molecule has 132 valence electrons. The molecule has 1 aromatic carbocycles. The number of hydrogen-bond acceptors (Lipinski definition) is 7. The minimum atomic E-state index is -3.80. The van der Waals surface area contributed by atoms with Gasteiger partial charge in [-0.2, -0.15) is 0 Å². The summed E-state index contributed by atoms with van der Waals surface area (Å²) in [6, 6.07) is 5.25. The molecule has 0 aliphatic heterocycles. The molecule has 0 spiro atoms. The molecule has 0 aliphatic rings. The van der Waals surface area contributed by atoms with Gasteiger partial charge in [-0.3, -0.25) is 13.8 Å². The molecule has 1 aromatic rings. The Morgan fingerprint density at radius 3 is 2.29 bits per heavy atom. The summed E-state index contributed by atoms with van der Waals surface area (Å²) in [6.45, 7) is 0. The van der Waals surface area contributed by atoms with Crippen LogP contribution in [-0.2, 0) is 20.7 Å². The van der Waals surface area contributed by atoms with Crippen LogP contribution in [-0.4, -0.2) is 52.8 Å². The molecule has 24 heavy (non-hydrogen) atoms. The average molecular weight is 377 g/mol. The highest BCUT2D eigenvalue weighted by Gasteiger charge is 2.38. The van der Waals surface area contributed by atoms with Gasteiger partial charge in [0.25, 0.3) is 0 Å². The normalized spacial score (nSPS) is 14.5. The molecule has 0 radical (unpaired) electrons. The van der Waals surface area contributed by atoms with Gasteiger partial charge >= 0.3 is 19.7 Å². The van der Waals surface area contributed by atoms with Crippen molar-refractivity contribution in [1.82, 2.24) is 0 Å². The van der Waals surface area contributed by atoms with Gasteiger partial charge in [0.1, 0.15) is 6.16 Å². The van der Waals surface area contributed by atoms with Crippen LogP contribution in [0.3, 0.4) is 0 Å². The lowest BCUT2D eigenvalue weighted by Gasteiger charge is -2.13. The molecular formula is C13H16NO8PS. The molecule has 9 nitrogen and oxygen atoms in total. The second kappa shape index (κ2) is 8.95. The number of rotatable bonds is 9. The van der Waals surface area contributed by atoms with E-state index in [4.69, 9.17) is 10.2 Å². The zero-order valence-electron chi connectivity index (χ0n) is 12.3. The average Bonchev–Trinajstić information content (AvgIpc) is 2.49. The van der Waals surface area contributed by atoms with Crippen molar-refractivity contribution in [2.24, 2.45) is 10.9 Å². The molecule has 0 aromatic heterocycles. The largest absolute Gasteiger partial charge is 0.768 e. The number of aliphatic carboxylic acids is 2. The first kappa shape index (κ1) is 20.3. The lowest BCUT2D eigenvalue weighted by molar-refractivity contribution is -0.142. The number of hydrogen-bond donors (Lipinski definition) is 4. The highest BCUT2D eigenvalue weighted by molar-refractivity contribution is 7.79. The van der Waals surface area contributed by atoms with Crippen LogP contribution < -0.4 is 0 Å². The molecule has 0 saturated carbocycles. The monoisotopic (exact) mass is 377 g/mol. The zero-order valence-corrected chi connectivity index (χ0v) is 14.0. The van der Waals surface area contributed by atoms with Crippen molar-refractivity contribution in [3.8, 4) is 0 Å². The van der Waals surface area contributed by atoms with Crippen molar-refractivity contribution in [3.63, 3.8) is 0 Å². The molecule has 11 heteroatoms. The predicted octanol–water partition coefficient (Wildman–Crippen LogP) is 0.982. The predicted molar refractivity (Wildman–Crippen MR) is 86.0 cm³/mol.